The number of carboxylic acid groups (broad SMARTS) is 1. The molecule has 1 amide bonds. The summed E-state index contributed by atoms with van der Waals surface area (Å²) in [6.45, 7) is 3.96. The molecule has 3 heterocycles. The van der Waals surface area contributed by atoms with E-state index < -0.39 is 11.9 Å². The number of hydrogen-bond acceptors (Lipinski definition) is 5. The lowest BCUT2D eigenvalue weighted by molar-refractivity contribution is -0.145. The van der Waals surface area contributed by atoms with Crippen molar-refractivity contribution >= 4 is 23.2 Å². The molecule has 0 aliphatic carbocycles. The molecule has 0 bridgehead atoms. The SMILES string of the molecule is CCCc1ncc(C(=O)N2CCC([C@@H]3OCCC3C(=O)O)CC2)s1. The molecule has 2 fully saturated rings. The summed E-state index contributed by atoms with van der Waals surface area (Å²) < 4.78 is 5.68. The van der Waals surface area contributed by atoms with Crippen molar-refractivity contribution < 1.29 is 19.4 Å². The van der Waals surface area contributed by atoms with Gasteiger partial charge in [0.2, 0.25) is 0 Å². The molecule has 1 aromatic heterocycles. The van der Waals surface area contributed by atoms with E-state index in [1.54, 1.807) is 6.20 Å². The Hall–Kier alpha value is -1.47. The van der Waals surface area contributed by atoms with Gasteiger partial charge in [-0.25, -0.2) is 4.98 Å². The summed E-state index contributed by atoms with van der Waals surface area (Å²) >= 11 is 1.48. The lowest BCUT2D eigenvalue weighted by atomic mass is 9.84. The molecule has 2 saturated heterocycles. The number of nitrogens with zero attached hydrogens (tertiary/aromatic N) is 2. The van der Waals surface area contributed by atoms with Crippen LogP contribution in [0.15, 0.2) is 6.20 Å². The Morgan fingerprint density at radius 2 is 2.12 bits per heavy atom. The molecule has 3 rings (SSSR count). The minimum Gasteiger partial charge on any atom is -0.481 e. The second-order valence-corrected chi connectivity index (χ2v) is 7.68. The first-order valence-electron chi connectivity index (χ1n) is 8.68. The number of likely N-dealkylation sites (tertiary alicyclic amines) is 1. The van der Waals surface area contributed by atoms with Crippen molar-refractivity contribution in [1.82, 2.24) is 9.88 Å². The zero-order chi connectivity index (χ0) is 17.1. The first-order valence-corrected chi connectivity index (χ1v) is 9.50. The molecule has 2 aliphatic heterocycles. The zero-order valence-corrected chi connectivity index (χ0v) is 14.8. The first kappa shape index (κ1) is 17.4. The topological polar surface area (TPSA) is 79.7 Å². The van der Waals surface area contributed by atoms with Gasteiger partial charge in [0.1, 0.15) is 4.88 Å². The maximum Gasteiger partial charge on any atom is 0.309 e. The second kappa shape index (κ2) is 7.61. The van der Waals surface area contributed by atoms with Gasteiger partial charge < -0.3 is 14.7 Å². The summed E-state index contributed by atoms with van der Waals surface area (Å²) in [4.78, 5) is 30.8. The van der Waals surface area contributed by atoms with Crippen LogP contribution in [0.2, 0.25) is 0 Å². The molecule has 2 atom stereocenters. The van der Waals surface area contributed by atoms with Gasteiger partial charge in [-0.2, -0.15) is 0 Å². The number of rotatable bonds is 5. The fourth-order valence-corrected chi connectivity index (χ4v) is 4.65. The highest BCUT2D eigenvalue weighted by Gasteiger charge is 2.40. The van der Waals surface area contributed by atoms with Gasteiger partial charge in [-0.15, -0.1) is 11.3 Å². The fraction of sp³-hybridized carbons (Fsp3) is 0.706. The van der Waals surface area contributed by atoms with Crippen molar-refractivity contribution in [2.75, 3.05) is 19.7 Å². The van der Waals surface area contributed by atoms with Gasteiger partial charge in [0.25, 0.3) is 5.91 Å². The third-order valence-electron chi connectivity index (χ3n) is 4.97. The predicted molar refractivity (Wildman–Crippen MR) is 90.2 cm³/mol. The third kappa shape index (κ3) is 3.62. The summed E-state index contributed by atoms with van der Waals surface area (Å²) in [7, 11) is 0. The van der Waals surface area contributed by atoms with Crippen LogP contribution in [-0.4, -0.2) is 52.7 Å². The van der Waals surface area contributed by atoms with Crippen molar-refractivity contribution in [2.24, 2.45) is 11.8 Å². The summed E-state index contributed by atoms with van der Waals surface area (Å²) in [5.41, 5.74) is 0. The van der Waals surface area contributed by atoms with Crippen LogP contribution in [0, 0.1) is 11.8 Å². The van der Waals surface area contributed by atoms with Crippen LogP contribution in [0.3, 0.4) is 0 Å². The molecule has 0 radical (unpaired) electrons. The van der Waals surface area contributed by atoms with Crippen molar-refractivity contribution in [3.05, 3.63) is 16.1 Å². The van der Waals surface area contributed by atoms with E-state index >= 15 is 0 Å². The average molecular weight is 352 g/mol. The Morgan fingerprint density at radius 3 is 2.79 bits per heavy atom. The molecule has 6 nitrogen and oxygen atoms in total. The summed E-state index contributed by atoms with van der Waals surface area (Å²) in [6.07, 6.45) is 5.64. The Morgan fingerprint density at radius 1 is 1.38 bits per heavy atom. The van der Waals surface area contributed by atoms with Crippen LogP contribution < -0.4 is 0 Å². The van der Waals surface area contributed by atoms with Crippen molar-refractivity contribution in [3.63, 3.8) is 0 Å². The van der Waals surface area contributed by atoms with Crippen LogP contribution in [-0.2, 0) is 16.0 Å². The number of carboxylic acids is 1. The van der Waals surface area contributed by atoms with Crippen LogP contribution in [0.1, 0.15) is 47.3 Å². The standard InChI is InChI=1S/C17H24N2O4S/c1-2-3-14-18-10-13(24-14)16(20)19-7-4-11(5-8-19)15-12(17(21)22)6-9-23-15/h10-12,15H,2-9H2,1H3,(H,21,22)/t12?,15-/m0/s1. The quantitative estimate of drug-likeness (QED) is 0.880. The normalized spacial score (nSPS) is 25.1. The molecule has 2 aliphatic rings. The summed E-state index contributed by atoms with van der Waals surface area (Å²) in [5, 5.41) is 10.3. The minimum atomic E-state index is -0.760. The highest BCUT2D eigenvalue weighted by atomic mass is 32.1. The largest absolute Gasteiger partial charge is 0.481 e. The van der Waals surface area contributed by atoms with Gasteiger partial charge in [0, 0.05) is 19.7 Å². The van der Waals surface area contributed by atoms with Crippen LogP contribution in [0.5, 0.6) is 0 Å². The van der Waals surface area contributed by atoms with E-state index in [0.717, 1.165) is 30.7 Å². The van der Waals surface area contributed by atoms with Crippen LogP contribution in [0.25, 0.3) is 0 Å². The molecule has 132 valence electrons. The Labute approximate surface area is 145 Å². The number of aliphatic carboxylic acids is 1. The number of thiazole rings is 1. The molecule has 24 heavy (non-hydrogen) atoms. The van der Waals surface area contributed by atoms with Crippen molar-refractivity contribution in [2.45, 2.75) is 45.1 Å². The molecule has 0 saturated carbocycles. The molecule has 1 N–H and O–H groups in total. The van der Waals surface area contributed by atoms with Crippen LogP contribution >= 0.6 is 11.3 Å². The van der Waals surface area contributed by atoms with E-state index in [4.69, 9.17) is 4.74 Å². The predicted octanol–water partition coefficient (Wildman–Crippen LogP) is 2.44. The van der Waals surface area contributed by atoms with E-state index in [-0.39, 0.29) is 17.9 Å². The third-order valence-corrected chi connectivity index (χ3v) is 6.02. The van der Waals surface area contributed by atoms with Crippen molar-refractivity contribution in [1.29, 1.82) is 0 Å². The van der Waals surface area contributed by atoms with E-state index in [2.05, 4.69) is 11.9 Å². The van der Waals surface area contributed by atoms with Gasteiger partial charge in [-0.1, -0.05) is 6.92 Å². The molecule has 1 aromatic rings. The number of carbonyl (C=O) groups excluding carboxylic acids is 1. The van der Waals surface area contributed by atoms with Gasteiger partial charge in [-0.3, -0.25) is 9.59 Å². The Balaban J connectivity index is 1.56. The Bertz CT molecular complexity index is 595. The number of carbonyl (C=O) groups is 2. The highest BCUT2D eigenvalue weighted by molar-refractivity contribution is 7.13. The second-order valence-electron chi connectivity index (χ2n) is 6.57. The first-order chi connectivity index (χ1) is 11.6. The van der Waals surface area contributed by atoms with Gasteiger partial charge in [0.15, 0.2) is 0 Å². The molecule has 1 unspecified atom stereocenters. The lowest BCUT2D eigenvalue weighted by Gasteiger charge is -2.35. The van der Waals surface area contributed by atoms with E-state index in [1.807, 2.05) is 4.90 Å². The smallest absolute Gasteiger partial charge is 0.309 e. The van der Waals surface area contributed by atoms with E-state index in [0.29, 0.717) is 31.0 Å². The maximum atomic E-state index is 12.6. The number of amides is 1. The zero-order valence-electron chi connectivity index (χ0n) is 13.9. The molecular formula is C17H24N2O4S. The molecular weight excluding hydrogens is 328 g/mol. The number of piperidine rings is 1. The number of aryl methyl sites for hydroxylation is 1. The molecule has 0 spiro atoms. The Kier molecular flexibility index (Phi) is 5.50. The minimum absolute atomic E-state index is 0.0513. The maximum absolute atomic E-state index is 12.6. The molecule has 0 aromatic carbocycles. The number of hydrogen-bond donors (Lipinski definition) is 1. The van der Waals surface area contributed by atoms with Gasteiger partial charge >= 0.3 is 5.97 Å². The summed E-state index contributed by atoms with van der Waals surface area (Å²) in [5.74, 6) is -0.871. The number of aromatic nitrogens is 1. The summed E-state index contributed by atoms with van der Waals surface area (Å²) in [6, 6.07) is 0. The van der Waals surface area contributed by atoms with E-state index in [9.17, 15) is 14.7 Å². The van der Waals surface area contributed by atoms with E-state index in [1.165, 1.54) is 11.3 Å². The number of ether oxygens (including phenoxy) is 1. The average Bonchev–Trinajstić information content (AvgIpc) is 3.24. The monoisotopic (exact) mass is 352 g/mol. The van der Waals surface area contributed by atoms with Gasteiger partial charge in [-0.05, 0) is 38.0 Å². The lowest BCUT2D eigenvalue weighted by Crippen LogP contribution is -2.43. The fourth-order valence-electron chi connectivity index (χ4n) is 3.67. The highest BCUT2D eigenvalue weighted by Crippen LogP contribution is 2.33. The van der Waals surface area contributed by atoms with Crippen molar-refractivity contribution in [3.8, 4) is 0 Å². The van der Waals surface area contributed by atoms with Gasteiger partial charge in [0.05, 0.1) is 23.2 Å². The van der Waals surface area contributed by atoms with Crippen LogP contribution in [0.4, 0.5) is 0 Å². The molecule has 7 heteroatoms.